The third kappa shape index (κ3) is 4.30. The van der Waals surface area contributed by atoms with Crippen molar-refractivity contribution in [2.75, 3.05) is 6.54 Å². The first-order valence-electron chi connectivity index (χ1n) is 8.35. The zero-order chi connectivity index (χ0) is 17.8. The van der Waals surface area contributed by atoms with Gasteiger partial charge in [-0.05, 0) is 55.5 Å². The van der Waals surface area contributed by atoms with Gasteiger partial charge < -0.3 is 10.4 Å². The number of benzene rings is 1. The Labute approximate surface area is 144 Å². The number of rotatable bonds is 4. The summed E-state index contributed by atoms with van der Waals surface area (Å²) in [4.78, 5) is 24.3. The lowest BCUT2D eigenvalue weighted by Crippen LogP contribution is -2.34. The van der Waals surface area contributed by atoms with Gasteiger partial charge in [-0.25, -0.2) is 4.39 Å². The average Bonchev–Trinajstić information content (AvgIpc) is 2.61. The van der Waals surface area contributed by atoms with Crippen LogP contribution in [0.2, 0.25) is 0 Å². The van der Waals surface area contributed by atoms with E-state index in [1.807, 2.05) is 0 Å². The lowest BCUT2D eigenvalue weighted by Gasteiger charge is -2.25. The Kier molecular flexibility index (Phi) is 5.23. The van der Waals surface area contributed by atoms with Crippen LogP contribution in [0.15, 0.2) is 41.2 Å². The SMILES string of the molecule is O=C(NCC1CCCC(O)C1)c1ccc(=O)n(-c2ccc(F)cc2)n1. The smallest absolute Gasteiger partial charge is 0.271 e. The molecule has 0 spiro atoms. The lowest BCUT2D eigenvalue weighted by molar-refractivity contribution is 0.0869. The van der Waals surface area contributed by atoms with Crippen molar-refractivity contribution >= 4 is 5.91 Å². The molecule has 1 aromatic heterocycles. The van der Waals surface area contributed by atoms with Crippen LogP contribution in [0.5, 0.6) is 0 Å². The highest BCUT2D eigenvalue weighted by Crippen LogP contribution is 2.23. The van der Waals surface area contributed by atoms with Crippen LogP contribution in [0.3, 0.4) is 0 Å². The molecule has 0 radical (unpaired) electrons. The van der Waals surface area contributed by atoms with Gasteiger partial charge in [0.25, 0.3) is 11.5 Å². The second-order valence-corrected chi connectivity index (χ2v) is 6.34. The van der Waals surface area contributed by atoms with Gasteiger partial charge in [0.05, 0.1) is 11.8 Å². The first-order valence-corrected chi connectivity index (χ1v) is 8.35. The standard InChI is InChI=1S/C18H20FN3O3/c19-13-4-6-14(7-5-13)22-17(24)9-8-16(21-22)18(25)20-11-12-2-1-3-15(23)10-12/h4-9,12,15,23H,1-3,10-11H2,(H,20,25). The first-order chi connectivity index (χ1) is 12.0. The number of halogens is 1. The maximum absolute atomic E-state index is 13.0. The van der Waals surface area contributed by atoms with E-state index in [4.69, 9.17) is 0 Å². The maximum atomic E-state index is 13.0. The third-order valence-corrected chi connectivity index (χ3v) is 4.41. The molecule has 1 amide bonds. The molecule has 6 nitrogen and oxygen atoms in total. The van der Waals surface area contributed by atoms with Gasteiger partial charge in [0.1, 0.15) is 11.5 Å². The fraction of sp³-hybridized carbons (Fsp3) is 0.389. The summed E-state index contributed by atoms with van der Waals surface area (Å²) < 4.78 is 14.1. The van der Waals surface area contributed by atoms with E-state index in [-0.39, 0.29) is 23.6 Å². The molecule has 0 aliphatic heterocycles. The molecule has 7 heteroatoms. The molecule has 2 N–H and O–H groups in total. The predicted molar refractivity (Wildman–Crippen MR) is 90.1 cm³/mol. The van der Waals surface area contributed by atoms with Crippen molar-refractivity contribution in [2.24, 2.45) is 5.92 Å². The van der Waals surface area contributed by atoms with Gasteiger partial charge in [-0.15, -0.1) is 0 Å². The fourth-order valence-corrected chi connectivity index (χ4v) is 3.08. The van der Waals surface area contributed by atoms with Gasteiger partial charge in [-0.3, -0.25) is 9.59 Å². The maximum Gasteiger partial charge on any atom is 0.271 e. The topological polar surface area (TPSA) is 84.2 Å². The molecule has 2 atom stereocenters. The number of aliphatic hydroxyl groups is 1. The number of carbonyl (C=O) groups excluding carboxylic acids is 1. The molecule has 1 heterocycles. The first kappa shape index (κ1) is 17.3. The number of amides is 1. The summed E-state index contributed by atoms with van der Waals surface area (Å²) >= 11 is 0. The van der Waals surface area contributed by atoms with Gasteiger partial charge in [0.2, 0.25) is 0 Å². The van der Waals surface area contributed by atoms with E-state index < -0.39 is 11.4 Å². The van der Waals surface area contributed by atoms with E-state index in [0.29, 0.717) is 18.7 Å². The Balaban J connectivity index is 1.71. The van der Waals surface area contributed by atoms with E-state index in [1.165, 1.54) is 36.4 Å². The molecule has 2 aromatic rings. The minimum atomic E-state index is -0.416. The summed E-state index contributed by atoms with van der Waals surface area (Å²) in [6.07, 6.45) is 3.13. The van der Waals surface area contributed by atoms with Gasteiger partial charge in [0.15, 0.2) is 0 Å². The number of hydrogen-bond acceptors (Lipinski definition) is 4. The molecule has 2 unspecified atom stereocenters. The van der Waals surface area contributed by atoms with Gasteiger partial charge in [-0.2, -0.15) is 9.78 Å². The lowest BCUT2D eigenvalue weighted by atomic mass is 9.87. The van der Waals surface area contributed by atoms with E-state index in [0.717, 1.165) is 23.9 Å². The van der Waals surface area contributed by atoms with Crippen molar-refractivity contribution in [3.63, 3.8) is 0 Å². The highest BCUT2D eigenvalue weighted by atomic mass is 19.1. The van der Waals surface area contributed by atoms with Crippen LogP contribution in [0, 0.1) is 11.7 Å². The van der Waals surface area contributed by atoms with E-state index in [1.54, 1.807) is 0 Å². The van der Waals surface area contributed by atoms with Crippen LogP contribution in [0.1, 0.15) is 36.2 Å². The summed E-state index contributed by atoms with van der Waals surface area (Å²) in [6.45, 7) is 0.466. The van der Waals surface area contributed by atoms with Crippen molar-refractivity contribution in [3.05, 3.63) is 58.3 Å². The van der Waals surface area contributed by atoms with Crippen LogP contribution in [0.4, 0.5) is 4.39 Å². The van der Waals surface area contributed by atoms with Crippen LogP contribution in [0.25, 0.3) is 5.69 Å². The Morgan fingerprint density at radius 2 is 2.00 bits per heavy atom. The zero-order valence-electron chi connectivity index (χ0n) is 13.7. The molecule has 1 saturated carbocycles. The van der Waals surface area contributed by atoms with Gasteiger partial charge in [0, 0.05) is 12.6 Å². The van der Waals surface area contributed by atoms with Crippen LogP contribution in [-0.4, -0.2) is 33.4 Å². The number of aliphatic hydroxyl groups excluding tert-OH is 1. The number of hydrogen-bond donors (Lipinski definition) is 2. The number of nitrogens with one attached hydrogen (secondary N) is 1. The molecule has 1 fully saturated rings. The molecule has 0 bridgehead atoms. The largest absolute Gasteiger partial charge is 0.393 e. The molecule has 1 aromatic carbocycles. The summed E-state index contributed by atoms with van der Waals surface area (Å²) in [5, 5.41) is 16.6. The second-order valence-electron chi connectivity index (χ2n) is 6.34. The van der Waals surface area contributed by atoms with Crippen LogP contribution in [-0.2, 0) is 0 Å². The molecule has 0 saturated heterocycles. The number of nitrogens with zero attached hydrogens (tertiary/aromatic N) is 2. The third-order valence-electron chi connectivity index (χ3n) is 4.41. The predicted octanol–water partition coefficient (Wildman–Crippen LogP) is 1.65. The van der Waals surface area contributed by atoms with E-state index in [2.05, 4.69) is 10.4 Å². The van der Waals surface area contributed by atoms with Crippen molar-refractivity contribution in [3.8, 4) is 5.69 Å². The second kappa shape index (κ2) is 7.57. The van der Waals surface area contributed by atoms with Gasteiger partial charge in [-0.1, -0.05) is 6.42 Å². The Morgan fingerprint density at radius 1 is 1.24 bits per heavy atom. The van der Waals surface area contributed by atoms with Crippen molar-refractivity contribution in [1.82, 2.24) is 15.1 Å². The van der Waals surface area contributed by atoms with Crippen molar-refractivity contribution in [1.29, 1.82) is 0 Å². The van der Waals surface area contributed by atoms with Crippen LogP contribution < -0.4 is 10.9 Å². The van der Waals surface area contributed by atoms with E-state index >= 15 is 0 Å². The molecule has 25 heavy (non-hydrogen) atoms. The van der Waals surface area contributed by atoms with Crippen LogP contribution >= 0.6 is 0 Å². The van der Waals surface area contributed by atoms with Gasteiger partial charge >= 0.3 is 0 Å². The fourth-order valence-electron chi connectivity index (χ4n) is 3.08. The molecular formula is C18H20FN3O3. The molecule has 1 aliphatic carbocycles. The summed E-state index contributed by atoms with van der Waals surface area (Å²) in [5.41, 5.74) is 0.0929. The number of carbonyl (C=O) groups is 1. The molecule has 132 valence electrons. The molecular weight excluding hydrogens is 325 g/mol. The summed E-state index contributed by atoms with van der Waals surface area (Å²) in [7, 11) is 0. The van der Waals surface area contributed by atoms with Crippen molar-refractivity contribution < 1.29 is 14.3 Å². The quantitative estimate of drug-likeness (QED) is 0.882. The van der Waals surface area contributed by atoms with Crippen molar-refractivity contribution in [2.45, 2.75) is 31.8 Å². The molecule has 3 rings (SSSR count). The molecule has 1 aliphatic rings. The van der Waals surface area contributed by atoms with E-state index in [9.17, 15) is 19.1 Å². The average molecular weight is 345 g/mol. The Morgan fingerprint density at radius 3 is 2.72 bits per heavy atom. The Bertz CT molecular complexity index is 804. The minimum absolute atomic E-state index is 0.111. The monoisotopic (exact) mass is 345 g/mol. The Hall–Kier alpha value is -2.54. The summed E-state index contributed by atoms with van der Waals surface area (Å²) in [6, 6.07) is 7.93. The highest BCUT2D eigenvalue weighted by Gasteiger charge is 2.21. The highest BCUT2D eigenvalue weighted by molar-refractivity contribution is 5.92. The summed E-state index contributed by atoms with van der Waals surface area (Å²) in [5.74, 6) is -0.549. The zero-order valence-corrected chi connectivity index (χ0v) is 13.7. The minimum Gasteiger partial charge on any atom is -0.393 e. The number of aromatic nitrogens is 2. The normalized spacial score (nSPS) is 20.2.